The summed E-state index contributed by atoms with van der Waals surface area (Å²) in [5, 5.41) is 0.644. The lowest BCUT2D eigenvalue weighted by atomic mass is 10.3. The molecule has 0 aromatic heterocycles. The van der Waals surface area contributed by atoms with Crippen molar-refractivity contribution in [3.05, 3.63) is 23.2 Å². The minimum Gasteiger partial charge on any atom is -0.398 e. The van der Waals surface area contributed by atoms with Crippen molar-refractivity contribution in [2.45, 2.75) is 24.0 Å². The van der Waals surface area contributed by atoms with Gasteiger partial charge in [0, 0.05) is 16.0 Å². The zero-order valence-corrected chi connectivity index (χ0v) is 9.15. The first-order valence-corrected chi connectivity index (χ1v) is 5.57. The molecule has 0 aliphatic heterocycles. The Bertz CT molecular complexity index is 338. The summed E-state index contributed by atoms with van der Waals surface area (Å²) < 4.78 is 11.7. The molecule has 72 valence electrons. The van der Waals surface area contributed by atoms with Gasteiger partial charge in [0.15, 0.2) is 0 Å². The molecule has 0 saturated heterocycles. The summed E-state index contributed by atoms with van der Waals surface area (Å²) in [6.07, 6.45) is 0. The third kappa shape index (κ3) is 2.45. The second kappa shape index (κ2) is 4.11. The van der Waals surface area contributed by atoms with Gasteiger partial charge in [-0.15, -0.1) is 0 Å². The van der Waals surface area contributed by atoms with Gasteiger partial charge in [0.2, 0.25) is 0 Å². The summed E-state index contributed by atoms with van der Waals surface area (Å²) >= 11 is 5.72. The van der Waals surface area contributed by atoms with E-state index < -0.39 is 10.8 Å². The van der Waals surface area contributed by atoms with Crippen LogP contribution in [0.15, 0.2) is 23.1 Å². The van der Waals surface area contributed by atoms with Crippen LogP contribution in [0.25, 0.3) is 0 Å². The van der Waals surface area contributed by atoms with Crippen LogP contribution >= 0.6 is 11.6 Å². The monoisotopic (exact) mass is 217 g/mol. The van der Waals surface area contributed by atoms with Gasteiger partial charge in [-0.3, -0.25) is 4.21 Å². The van der Waals surface area contributed by atoms with E-state index in [-0.39, 0.29) is 5.25 Å². The van der Waals surface area contributed by atoms with E-state index in [0.29, 0.717) is 15.6 Å². The molecule has 2 N–H and O–H groups in total. The van der Waals surface area contributed by atoms with Crippen LogP contribution in [-0.2, 0) is 10.8 Å². The van der Waals surface area contributed by atoms with Crippen molar-refractivity contribution < 1.29 is 4.21 Å². The van der Waals surface area contributed by atoms with E-state index in [1.165, 1.54) is 0 Å². The van der Waals surface area contributed by atoms with Crippen LogP contribution in [0.3, 0.4) is 0 Å². The molecule has 1 atom stereocenters. The number of nitrogen functional groups attached to an aromatic ring is 1. The van der Waals surface area contributed by atoms with Crippen molar-refractivity contribution in [2.24, 2.45) is 0 Å². The van der Waals surface area contributed by atoms with Gasteiger partial charge in [0.05, 0.1) is 15.7 Å². The fourth-order valence-corrected chi connectivity index (χ4v) is 2.14. The van der Waals surface area contributed by atoms with Crippen LogP contribution in [0, 0.1) is 0 Å². The van der Waals surface area contributed by atoms with Crippen molar-refractivity contribution in [2.75, 3.05) is 5.73 Å². The standard InChI is InChI=1S/C9H12ClNOS/c1-6(2)13(12)9-4-3-7(10)5-8(9)11/h3-6H,11H2,1-2H3. The van der Waals surface area contributed by atoms with E-state index in [2.05, 4.69) is 0 Å². The summed E-state index contributed by atoms with van der Waals surface area (Å²) in [5.41, 5.74) is 6.18. The van der Waals surface area contributed by atoms with Gasteiger partial charge in [-0.25, -0.2) is 0 Å². The van der Waals surface area contributed by atoms with Gasteiger partial charge in [-0.2, -0.15) is 0 Å². The molecule has 1 aromatic carbocycles. The molecule has 1 rings (SSSR count). The Kier molecular flexibility index (Phi) is 3.33. The number of rotatable bonds is 2. The summed E-state index contributed by atoms with van der Waals surface area (Å²) in [7, 11) is -1.04. The third-order valence-electron chi connectivity index (χ3n) is 1.62. The Morgan fingerprint density at radius 2 is 2.08 bits per heavy atom. The topological polar surface area (TPSA) is 43.1 Å². The second-order valence-corrected chi connectivity index (χ2v) is 5.44. The normalized spacial score (nSPS) is 13.2. The highest BCUT2D eigenvalue weighted by molar-refractivity contribution is 7.85. The molecule has 0 heterocycles. The molecule has 0 amide bonds. The molecule has 4 heteroatoms. The summed E-state index contributed by atoms with van der Waals surface area (Å²) in [4.78, 5) is 0.666. The van der Waals surface area contributed by atoms with E-state index in [0.717, 1.165) is 0 Å². The molecule has 2 nitrogen and oxygen atoms in total. The molecule has 0 spiro atoms. The smallest absolute Gasteiger partial charge is 0.0621 e. The van der Waals surface area contributed by atoms with Crippen LogP contribution in [-0.4, -0.2) is 9.46 Å². The maximum Gasteiger partial charge on any atom is 0.0621 e. The maximum absolute atomic E-state index is 11.7. The first kappa shape index (κ1) is 10.5. The van der Waals surface area contributed by atoms with E-state index in [9.17, 15) is 4.21 Å². The van der Waals surface area contributed by atoms with Crippen LogP contribution in [0.4, 0.5) is 5.69 Å². The summed E-state index contributed by atoms with van der Waals surface area (Å²) in [5.74, 6) is 0. The molecule has 0 aliphatic carbocycles. The molecule has 0 fully saturated rings. The zero-order valence-electron chi connectivity index (χ0n) is 7.58. The average molecular weight is 218 g/mol. The highest BCUT2D eigenvalue weighted by Gasteiger charge is 2.11. The number of halogens is 1. The van der Waals surface area contributed by atoms with Gasteiger partial charge >= 0.3 is 0 Å². The van der Waals surface area contributed by atoms with Crippen molar-refractivity contribution in [1.82, 2.24) is 0 Å². The van der Waals surface area contributed by atoms with Gasteiger partial charge in [-0.05, 0) is 18.2 Å². The lowest BCUT2D eigenvalue weighted by Gasteiger charge is -2.08. The fraction of sp³-hybridized carbons (Fsp3) is 0.333. The lowest BCUT2D eigenvalue weighted by molar-refractivity contribution is 0.677. The predicted molar refractivity (Wildman–Crippen MR) is 57.4 cm³/mol. The van der Waals surface area contributed by atoms with Gasteiger partial charge in [-0.1, -0.05) is 25.4 Å². The number of benzene rings is 1. The Balaban J connectivity index is 3.09. The minimum atomic E-state index is -1.04. The van der Waals surface area contributed by atoms with Gasteiger partial charge in [0.1, 0.15) is 0 Å². The van der Waals surface area contributed by atoms with Crippen molar-refractivity contribution in [3.8, 4) is 0 Å². The molecule has 1 unspecified atom stereocenters. The second-order valence-electron chi connectivity index (χ2n) is 3.03. The molecule has 0 radical (unpaired) electrons. The summed E-state index contributed by atoms with van der Waals surface area (Å²) in [6.45, 7) is 3.79. The Hall–Kier alpha value is -0.540. The van der Waals surface area contributed by atoms with Crippen LogP contribution in [0.1, 0.15) is 13.8 Å². The molecule has 13 heavy (non-hydrogen) atoms. The number of anilines is 1. The first-order chi connectivity index (χ1) is 6.02. The van der Waals surface area contributed by atoms with Crippen LogP contribution in [0.5, 0.6) is 0 Å². The van der Waals surface area contributed by atoms with Crippen molar-refractivity contribution >= 4 is 28.1 Å². The SMILES string of the molecule is CC(C)S(=O)c1ccc(Cl)cc1N. The average Bonchev–Trinajstić information content (AvgIpc) is 2.03. The minimum absolute atomic E-state index is 0.0727. The van der Waals surface area contributed by atoms with E-state index in [4.69, 9.17) is 17.3 Å². The summed E-state index contributed by atoms with van der Waals surface area (Å²) in [6, 6.07) is 5.04. The highest BCUT2D eigenvalue weighted by atomic mass is 35.5. The Morgan fingerprint density at radius 1 is 1.46 bits per heavy atom. The largest absolute Gasteiger partial charge is 0.398 e. The third-order valence-corrected chi connectivity index (χ3v) is 3.51. The molecule has 1 aromatic rings. The molecule has 0 bridgehead atoms. The first-order valence-electron chi connectivity index (χ1n) is 3.98. The lowest BCUT2D eigenvalue weighted by Crippen LogP contribution is -2.07. The maximum atomic E-state index is 11.7. The zero-order chi connectivity index (χ0) is 10.0. The quantitative estimate of drug-likeness (QED) is 0.774. The molecular formula is C9H12ClNOS. The fourth-order valence-electron chi connectivity index (χ4n) is 0.956. The van der Waals surface area contributed by atoms with Crippen molar-refractivity contribution in [3.63, 3.8) is 0 Å². The Labute approximate surface area is 85.5 Å². The molecular weight excluding hydrogens is 206 g/mol. The Morgan fingerprint density at radius 3 is 2.54 bits per heavy atom. The predicted octanol–water partition coefficient (Wildman–Crippen LogP) is 2.44. The number of nitrogens with two attached hydrogens (primary N) is 1. The van der Waals surface area contributed by atoms with E-state index in [1.807, 2.05) is 13.8 Å². The van der Waals surface area contributed by atoms with E-state index in [1.54, 1.807) is 18.2 Å². The van der Waals surface area contributed by atoms with E-state index >= 15 is 0 Å². The highest BCUT2D eigenvalue weighted by Crippen LogP contribution is 2.22. The number of hydrogen-bond acceptors (Lipinski definition) is 2. The van der Waals surface area contributed by atoms with Crippen LogP contribution in [0.2, 0.25) is 5.02 Å². The van der Waals surface area contributed by atoms with Gasteiger partial charge < -0.3 is 5.73 Å². The molecule has 0 saturated carbocycles. The number of hydrogen-bond donors (Lipinski definition) is 1. The molecule has 0 aliphatic rings. The van der Waals surface area contributed by atoms with Crippen LogP contribution < -0.4 is 5.73 Å². The van der Waals surface area contributed by atoms with Crippen molar-refractivity contribution in [1.29, 1.82) is 0 Å². The van der Waals surface area contributed by atoms with Gasteiger partial charge in [0.25, 0.3) is 0 Å².